The summed E-state index contributed by atoms with van der Waals surface area (Å²) >= 11 is 0. The van der Waals surface area contributed by atoms with Crippen molar-refractivity contribution in [2.24, 2.45) is 5.92 Å². The minimum absolute atomic E-state index is 0.115. The van der Waals surface area contributed by atoms with Gasteiger partial charge in [0.2, 0.25) is 5.95 Å². The van der Waals surface area contributed by atoms with Crippen molar-refractivity contribution in [2.75, 3.05) is 91.0 Å². The van der Waals surface area contributed by atoms with Crippen LogP contribution in [0.3, 0.4) is 0 Å². The first kappa shape index (κ1) is 62.9. The Balaban J connectivity index is 1.66. The number of ketones is 1. The number of carbonyl (C=O) groups is 10. The SMILES string of the molecule is CN(C)c1nc(CCCCCC(CC(=O)CC[C@H](NC(=O)N[C@@H](CCC(=O)O)C(=O)O)C(=O)O)C(=O)O)nc(Cc2ccc(CC3CN(CC(=O)O)CCN(CC(=O)O)CCN(CC(=O)O)CCN3CC(=O)O)cc2)n1. The van der Waals surface area contributed by atoms with E-state index in [1.807, 2.05) is 29.6 Å². The summed E-state index contributed by atoms with van der Waals surface area (Å²) in [5.74, 6) is -10.3. The van der Waals surface area contributed by atoms with Crippen LogP contribution in [0.1, 0.15) is 80.6 Å². The van der Waals surface area contributed by atoms with E-state index >= 15 is 0 Å². The number of anilines is 1. The molecule has 1 aliphatic rings. The molecule has 10 N–H and O–H groups in total. The van der Waals surface area contributed by atoms with Crippen LogP contribution in [-0.4, -0.2) is 239 Å². The fourth-order valence-electron chi connectivity index (χ4n) is 8.44. The third kappa shape index (κ3) is 24.7. The monoisotopic (exact) mass is 1070 g/mol. The summed E-state index contributed by atoms with van der Waals surface area (Å²) in [6.45, 7) is -0.364. The molecule has 2 unspecified atom stereocenters. The van der Waals surface area contributed by atoms with Gasteiger partial charge in [-0.25, -0.2) is 19.4 Å². The number of rotatable bonds is 32. The number of nitrogens with zero attached hydrogens (tertiary/aromatic N) is 8. The van der Waals surface area contributed by atoms with Crippen LogP contribution in [0.25, 0.3) is 0 Å². The molecule has 0 aliphatic carbocycles. The predicted octanol–water partition coefficient (Wildman–Crippen LogP) is -0.387. The Labute approximate surface area is 437 Å². The molecule has 1 saturated heterocycles. The van der Waals surface area contributed by atoms with Gasteiger partial charge in [0.1, 0.15) is 29.5 Å². The quantitative estimate of drug-likeness (QED) is 0.0417. The third-order valence-corrected chi connectivity index (χ3v) is 12.4. The van der Waals surface area contributed by atoms with Gasteiger partial charge < -0.3 is 56.4 Å². The molecule has 1 aromatic heterocycles. The molecular formula is C48H70N10O18. The largest absolute Gasteiger partial charge is 0.481 e. The number of hydrogen-bond donors (Lipinski definition) is 10. The molecule has 3 rings (SSSR count). The van der Waals surface area contributed by atoms with Gasteiger partial charge in [0.25, 0.3) is 0 Å². The lowest BCUT2D eigenvalue weighted by Crippen LogP contribution is -2.53. The first-order valence-electron chi connectivity index (χ1n) is 24.6. The number of carboxylic acid groups (broad SMARTS) is 8. The Bertz CT molecular complexity index is 2320. The second-order valence-electron chi connectivity index (χ2n) is 18.8. The first-order valence-corrected chi connectivity index (χ1v) is 24.6. The predicted molar refractivity (Wildman–Crippen MR) is 266 cm³/mol. The van der Waals surface area contributed by atoms with Gasteiger partial charge in [0.05, 0.1) is 32.1 Å². The molecule has 1 aliphatic heterocycles. The van der Waals surface area contributed by atoms with Gasteiger partial charge in [-0.15, -0.1) is 0 Å². The van der Waals surface area contributed by atoms with E-state index in [4.69, 9.17) is 10.1 Å². The van der Waals surface area contributed by atoms with E-state index in [0.717, 1.165) is 11.1 Å². The van der Waals surface area contributed by atoms with Gasteiger partial charge in [0, 0.05) is 98.1 Å². The second kappa shape index (κ2) is 32.1. The van der Waals surface area contributed by atoms with Crippen LogP contribution >= 0.6 is 0 Å². The summed E-state index contributed by atoms with van der Waals surface area (Å²) in [5, 5.41) is 80.4. The number of aromatic nitrogens is 3. The van der Waals surface area contributed by atoms with Crippen LogP contribution in [0.5, 0.6) is 0 Å². The van der Waals surface area contributed by atoms with Crippen molar-refractivity contribution in [1.82, 2.24) is 45.2 Å². The lowest BCUT2D eigenvalue weighted by atomic mass is 9.93. The number of amides is 2. The zero-order valence-corrected chi connectivity index (χ0v) is 42.6. The molecule has 28 nitrogen and oxygen atoms in total. The van der Waals surface area contributed by atoms with Crippen LogP contribution < -0.4 is 15.5 Å². The van der Waals surface area contributed by atoms with Crippen molar-refractivity contribution in [1.29, 1.82) is 0 Å². The zero-order valence-electron chi connectivity index (χ0n) is 42.6. The molecule has 0 bridgehead atoms. The maximum absolute atomic E-state index is 12.8. The number of aliphatic carboxylic acids is 8. The van der Waals surface area contributed by atoms with Crippen molar-refractivity contribution in [3.63, 3.8) is 0 Å². The summed E-state index contributed by atoms with van der Waals surface area (Å²) in [5.41, 5.74) is 1.63. The molecule has 0 spiro atoms. The molecule has 2 amide bonds. The van der Waals surface area contributed by atoms with Crippen molar-refractivity contribution in [3.05, 3.63) is 47.0 Å². The minimum atomic E-state index is -1.63. The normalized spacial score (nSPS) is 16.4. The summed E-state index contributed by atoms with van der Waals surface area (Å²) < 4.78 is 0. The van der Waals surface area contributed by atoms with Crippen molar-refractivity contribution in [2.45, 2.75) is 95.2 Å². The van der Waals surface area contributed by atoms with E-state index in [-0.39, 0.29) is 78.3 Å². The molecule has 420 valence electrons. The van der Waals surface area contributed by atoms with Gasteiger partial charge in [-0.05, 0) is 43.2 Å². The Morgan fingerprint density at radius 3 is 1.58 bits per heavy atom. The summed E-state index contributed by atoms with van der Waals surface area (Å²) in [6.07, 6.45) is 0.408. The standard InChI is InChI=1S/C48H70N10O18/c1-54(2)47-52-37(7-5-3-4-6-32(44(70)71)24-34(59)12-13-35(45(72)73)49-48(76)50-36(46(74)75)14-15-39(60)61)51-38(53-47)23-31-10-8-30(9-11-31)22-33-25-57(28-42(66)67)19-18-55(26-40(62)63)16-17-56(27-41(64)65)20-21-58(33)29-43(68)69/h8-11,32-33,35-36H,3-7,12-29H2,1-2H3,(H,60,61)(H,62,63)(H,64,65)(H,66,67)(H,68,69)(H,70,71)(H,72,73)(H,74,75)(H2,49,50,76)/t32?,33?,35-,36-/m0/s1. The van der Waals surface area contributed by atoms with Crippen LogP contribution in [0.15, 0.2) is 24.3 Å². The number of nitrogens with one attached hydrogen (secondary N) is 2. The number of carboxylic acids is 8. The number of carbonyl (C=O) groups excluding carboxylic acids is 2. The van der Waals surface area contributed by atoms with Gasteiger partial charge >= 0.3 is 53.8 Å². The average molecular weight is 1080 g/mol. The average Bonchev–Trinajstić information content (AvgIpc) is 3.32. The lowest BCUT2D eigenvalue weighted by molar-refractivity contribution is -0.144. The lowest BCUT2D eigenvalue weighted by Gasteiger charge is -2.37. The van der Waals surface area contributed by atoms with Gasteiger partial charge in [-0.1, -0.05) is 37.1 Å². The number of urea groups is 1. The molecule has 2 heterocycles. The smallest absolute Gasteiger partial charge is 0.326 e. The van der Waals surface area contributed by atoms with E-state index in [1.54, 1.807) is 38.6 Å². The molecule has 76 heavy (non-hydrogen) atoms. The summed E-state index contributed by atoms with van der Waals surface area (Å²) in [6, 6.07) is 2.47. The highest BCUT2D eigenvalue weighted by Gasteiger charge is 2.30. The van der Waals surface area contributed by atoms with Crippen LogP contribution in [0.4, 0.5) is 10.7 Å². The summed E-state index contributed by atoms with van der Waals surface area (Å²) in [7, 11) is 3.54. The molecule has 0 saturated carbocycles. The van der Waals surface area contributed by atoms with Gasteiger partial charge in [-0.3, -0.25) is 53.2 Å². The Morgan fingerprint density at radius 1 is 0.566 bits per heavy atom. The maximum Gasteiger partial charge on any atom is 0.326 e. The van der Waals surface area contributed by atoms with Gasteiger partial charge in [-0.2, -0.15) is 9.97 Å². The van der Waals surface area contributed by atoms with E-state index < -0.39 is 122 Å². The number of benzene rings is 1. The van der Waals surface area contributed by atoms with Crippen LogP contribution in [-0.2, 0) is 62.4 Å². The molecular weight excluding hydrogens is 1000 g/mol. The first-order chi connectivity index (χ1) is 35.9. The number of unbranched alkanes of at least 4 members (excludes halogenated alkanes) is 2. The van der Waals surface area contributed by atoms with Crippen molar-refractivity contribution >= 4 is 65.5 Å². The van der Waals surface area contributed by atoms with Crippen molar-refractivity contribution < 1.29 is 88.8 Å². The molecule has 2 aromatic rings. The molecule has 4 atom stereocenters. The molecule has 1 aromatic carbocycles. The minimum Gasteiger partial charge on any atom is -0.481 e. The highest BCUT2D eigenvalue weighted by Crippen LogP contribution is 2.20. The number of Topliss-reactive ketones (excluding diaryl/α,β-unsaturated/α-hetero) is 1. The molecule has 1 fully saturated rings. The Morgan fingerprint density at radius 2 is 1.07 bits per heavy atom. The van der Waals surface area contributed by atoms with Gasteiger partial charge in [0.15, 0.2) is 0 Å². The third-order valence-electron chi connectivity index (χ3n) is 12.4. The fraction of sp³-hybridized carbons (Fsp3) is 0.604. The topological polar surface area (TPSA) is 411 Å². The molecule has 0 radical (unpaired) electrons. The summed E-state index contributed by atoms with van der Waals surface area (Å²) in [4.78, 5) is 141. The van der Waals surface area contributed by atoms with E-state index in [2.05, 4.69) is 15.3 Å². The van der Waals surface area contributed by atoms with Crippen molar-refractivity contribution in [3.8, 4) is 0 Å². The number of hydrogen-bond acceptors (Lipinski definition) is 18. The maximum atomic E-state index is 12.8. The molecule has 28 heteroatoms. The highest BCUT2D eigenvalue weighted by molar-refractivity contribution is 5.87. The van der Waals surface area contributed by atoms with Crippen LogP contribution in [0.2, 0.25) is 0 Å². The zero-order chi connectivity index (χ0) is 56.5. The highest BCUT2D eigenvalue weighted by atomic mass is 16.4. The Kier molecular flexibility index (Phi) is 26.6. The second-order valence-corrected chi connectivity index (χ2v) is 18.8. The Hall–Kier alpha value is -7.43. The van der Waals surface area contributed by atoms with E-state index in [9.17, 15) is 83.7 Å². The van der Waals surface area contributed by atoms with E-state index in [1.165, 1.54) is 0 Å². The van der Waals surface area contributed by atoms with E-state index in [0.29, 0.717) is 49.7 Å². The fourth-order valence-corrected chi connectivity index (χ4v) is 8.44. The van der Waals surface area contributed by atoms with Crippen LogP contribution in [0, 0.1) is 5.92 Å². The number of aryl methyl sites for hydroxylation is 1.